The maximum absolute atomic E-state index is 9.13. The summed E-state index contributed by atoms with van der Waals surface area (Å²) >= 11 is 0. The molecule has 0 aliphatic rings. The first kappa shape index (κ1) is 15.1. The van der Waals surface area contributed by atoms with Gasteiger partial charge in [0, 0.05) is 5.56 Å². The topological polar surface area (TPSA) is 80.9 Å². The standard InChI is InChI=1S/C13H17NO5/c1-16-10-5-4-9(11(8-14)19-7-6-15)12(17-2)13(10)18-3/h4-5,11,15H,6-7H2,1-3H3. The molecule has 0 aliphatic heterocycles. The summed E-state index contributed by atoms with van der Waals surface area (Å²) in [6.45, 7) is -0.0937. The van der Waals surface area contributed by atoms with Crippen LogP contribution < -0.4 is 14.2 Å². The maximum atomic E-state index is 9.13. The van der Waals surface area contributed by atoms with Crippen molar-refractivity contribution in [2.45, 2.75) is 6.10 Å². The molecule has 104 valence electrons. The van der Waals surface area contributed by atoms with Crippen molar-refractivity contribution in [3.05, 3.63) is 17.7 Å². The molecule has 0 heterocycles. The second kappa shape index (κ2) is 7.46. The third-order valence-corrected chi connectivity index (χ3v) is 2.51. The van der Waals surface area contributed by atoms with E-state index in [1.54, 1.807) is 12.1 Å². The summed E-state index contributed by atoms with van der Waals surface area (Å²) < 4.78 is 20.9. The number of nitriles is 1. The molecule has 1 rings (SSSR count). The van der Waals surface area contributed by atoms with Crippen LogP contribution in [0.1, 0.15) is 11.7 Å². The Balaban J connectivity index is 3.23. The van der Waals surface area contributed by atoms with Gasteiger partial charge >= 0.3 is 0 Å². The molecule has 0 saturated heterocycles. The van der Waals surface area contributed by atoms with Crippen LogP contribution in [0.2, 0.25) is 0 Å². The number of rotatable bonds is 7. The number of hydrogen-bond acceptors (Lipinski definition) is 6. The molecule has 1 atom stereocenters. The second-order valence-corrected chi connectivity index (χ2v) is 3.53. The highest BCUT2D eigenvalue weighted by Crippen LogP contribution is 2.42. The van der Waals surface area contributed by atoms with Crippen molar-refractivity contribution in [3.8, 4) is 23.3 Å². The monoisotopic (exact) mass is 267 g/mol. The Labute approximate surface area is 112 Å². The Bertz CT molecular complexity index is 455. The van der Waals surface area contributed by atoms with Crippen LogP contribution >= 0.6 is 0 Å². The number of aliphatic hydroxyl groups is 1. The van der Waals surface area contributed by atoms with Gasteiger partial charge in [0.2, 0.25) is 5.75 Å². The molecule has 0 amide bonds. The van der Waals surface area contributed by atoms with E-state index in [9.17, 15) is 0 Å². The van der Waals surface area contributed by atoms with Gasteiger partial charge < -0.3 is 24.1 Å². The average Bonchev–Trinajstić information content (AvgIpc) is 2.46. The van der Waals surface area contributed by atoms with E-state index in [0.717, 1.165) is 0 Å². The fourth-order valence-electron chi connectivity index (χ4n) is 1.70. The van der Waals surface area contributed by atoms with Crippen molar-refractivity contribution in [2.24, 2.45) is 0 Å². The first-order valence-electron chi connectivity index (χ1n) is 5.64. The summed E-state index contributed by atoms with van der Waals surface area (Å²) in [5, 5.41) is 17.9. The van der Waals surface area contributed by atoms with E-state index < -0.39 is 6.10 Å². The van der Waals surface area contributed by atoms with Crippen LogP contribution in [0.25, 0.3) is 0 Å². The van der Waals surface area contributed by atoms with Crippen LogP contribution in [0, 0.1) is 11.3 Å². The molecule has 19 heavy (non-hydrogen) atoms. The minimum absolute atomic E-state index is 0.0652. The lowest BCUT2D eigenvalue weighted by atomic mass is 10.1. The van der Waals surface area contributed by atoms with E-state index >= 15 is 0 Å². The molecule has 0 aromatic heterocycles. The first-order chi connectivity index (χ1) is 9.23. The zero-order valence-electron chi connectivity index (χ0n) is 11.2. The van der Waals surface area contributed by atoms with Crippen LogP contribution in [0.5, 0.6) is 17.2 Å². The Morgan fingerprint density at radius 1 is 1.16 bits per heavy atom. The molecule has 1 unspecified atom stereocenters. The van der Waals surface area contributed by atoms with E-state index in [2.05, 4.69) is 0 Å². The fraction of sp³-hybridized carbons (Fsp3) is 0.462. The van der Waals surface area contributed by atoms with Crippen molar-refractivity contribution < 1.29 is 24.1 Å². The van der Waals surface area contributed by atoms with Gasteiger partial charge in [-0.15, -0.1) is 0 Å². The zero-order valence-corrected chi connectivity index (χ0v) is 11.2. The Hall–Kier alpha value is -1.97. The summed E-state index contributed by atoms with van der Waals surface area (Å²) in [4.78, 5) is 0. The molecule has 0 spiro atoms. The molecule has 0 bridgehead atoms. The fourth-order valence-corrected chi connectivity index (χ4v) is 1.70. The molecule has 6 heteroatoms. The van der Waals surface area contributed by atoms with Gasteiger partial charge in [-0.3, -0.25) is 0 Å². The highest BCUT2D eigenvalue weighted by molar-refractivity contribution is 5.57. The first-order valence-corrected chi connectivity index (χ1v) is 5.64. The van der Waals surface area contributed by atoms with Crippen molar-refractivity contribution in [2.75, 3.05) is 34.5 Å². The second-order valence-electron chi connectivity index (χ2n) is 3.53. The van der Waals surface area contributed by atoms with Gasteiger partial charge in [0.05, 0.1) is 40.6 Å². The van der Waals surface area contributed by atoms with E-state index in [4.69, 9.17) is 29.3 Å². The van der Waals surface area contributed by atoms with Crippen LogP contribution in [0.4, 0.5) is 0 Å². The lowest BCUT2D eigenvalue weighted by molar-refractivity contribution is 0.0566. The van der Waals surface area contributed by atoms with Gasteiger partial charge in [-0.2, -0.15) is 5.26 Å². The summed E-state index contributed by atoms with van der Waals surface area (Å²) in [6.07, 6.45) is -0.845. The van der Waals surface area contributed by atoms with E-state index in [0.29, 0.717) is 22.8 Å². The van der Waals surface area contributed by atoms with Gasteiger partial charge in [-0.05, 0) is 12.1 Å². The summed E-state index contributed by atoms with van der Waals surface area (Å²) in [6, 6.07) is 5.35. The van der Waals surface area contributed by atoms with Crippen LogP contribution in [-0.4, -0.2) is 39.6 Å². The smallest absolute Gasteiger partial charge is 0.203 e. The Morgan fingerprint density at radius 2 is 1.84 bits per heavy atom. The normalized spacial score (nSPS) is 11.5. The molecule has 6 nitrogen and oxygen atoms in total. The minimum Gasteiger partial charge on any atom is -0.493 e. The zero-order chi connectivity index (χ0) is 14.3. The summed E-state index contributed by atoms with van der Waals surface area (Å²) in [5.41, 5.74) is 0.524. The Kier molecular flexibility index (Phi) is 5.93. The molecular formula is C13H17NO5. The van der Waals surface area contributed by atoms with E-state index in [-0.39, 0.29) is 13.2 Å². The summed E-state index contributed by atoms with van der Waals surface area (Å²) in [5.74, 6) is 1.28. The SMILES string of the molecule is COc1ccc(C(C#N)OCCO)c(OC)c1OC. The van der Waals surface area contributed by atoms with Crippen molar-refractivity contribution in [1.82, 2.24) is 0 Å². The van der Waals surface area contributed by atoms with Crippen molar-refractivity contribution in [1.29, 1.82) is 5.26 Å². The third kappa shape index (κ3) is 3.28. The van der Waals surface area contributed by atoms with Crippen LogP contribution in [0.3, 0.4) is 0 Å². The van der Waals surface area contributed by atoms with Crippen molar-refractivity contribution >= 4 is 0 Å². The number of hydrogen-bond donors (Lipinski definition) is 1. The molecule has 1 aromatic rings. The third-order valence-electron chi connectivity index (χ3n) is 2.51. The molecule has 0 fully saturated rings. The molecule has 0 saturated carbocycles. The lowest BCUT2D eigenvalue weighted by Crippen LogP contribution is -2.08. The van der Waals surface area contributed by atoms with Gasteiger partial charge in [-0.25, -0.2) is 0 Å². The largest absolute Gasteiger partial charge is 0.493 e. The number of benzene rings is 1. The van der Waals surface area contributed by atoms with Gasteiger partial charge in [-0.1, -0.05) is 0 Å². The van der Waals surface area contributed by atoms with Crippen LogP contribution in [0.15, 0.2) is 12.1 Å². The molecule has 1 N–H and O–H groups in total. The molecule has 1 aromatic carbocycles. The van der Waals surface area contributed by atoms with E-state index in [1.807, 2.05) is 6.07 Å². The molecular weight excluding hydrogens is 250 g/mol. The number of ether oxygens (including phenoxy) is 4. The quantitative estimate of drug-likeness (QED) is 0.801. The molecule has 0 radical (unpaired) electrons. The van der Waals surface area contributed by atoms with Crippen LogP contribution in [-0.2, 0) is 4.74 Å². The number of nitrogens with zero attached hydrogens (tertiary/aromatic N) is 1. The maximum Gasteiger partial charge on any atom is 0.203 e. The molecule has 0 aliphatic carbocycles. The predicted molar refractivity (Wildman–Crippen MR) is 67.5 cm³/mol. The highest BCUT2D eigenvalue weighted by Gasteiger charge is 2.22. The van der Waals surface area contributed by atoms with E-state index in [1.165, 1.54) is 21.3 Å². The number of aliphatic hydroxyl groups excluding tert-OH is 1. The Morgan fingerprint density at radius 3 is 2.32 bits per heavy atom. The predicted octanol–water partition coefficient (Wildman–Crippen LogP) is 1.29. The average molecular weight is 267 g/mol. The van der Waals surface area contributed by atoms with Gasteiger partial charge in [0.15, 0.2) is 17.6 Å². The number of methoxy groups -OCH3 is 3. The van der Waals surface area contributed by atoms with Gasteiger partial charge in [0.1, 0.15) is 0 Å². The summed E-state index contributed by atoms with van der Waals surface area (Å²) in [7, 11) is 4.47. The minimum atomic E-state index is -0.845. The van der Waals surface area contributed by atoms with Gasteiger partial charge in [0.25, 0.3) is 0 Å². The van der Waals surface area contributed by atoms with Crippen molar-refractivity contribution in [3.63, 3.8) is 0 Å². The lowest BCUT2D eigenvalue weighted by Gasteiger charge is -2.18. The highest BCUT2D eigenvalue weighted by atomic mass is 16.5.